The van der Waals surface area contributed by atoms with Crippen LogP contribution in [-0.4, -0.2) is 31.6 Å². The van der Waals surface area contributed by atoms with Crippen LogP contribution in [0.25, 0.3) is 0 Å². The van der Waals surface area contributed by atoms with E-state index < -0.39 is 24.5 Å². The van der Waals surface area contributed by atoms with Gasteiger partial charge < -0.3 is 14.8 Å². The van der Waals surface area contributed by atoms with Crippen LogP contribution in [0.4, 0.5) is 8.78 Å². The first-order valence-electron chi connectivity index (χ1n) is 5.38. The van der Waals surface area contributed by atoms with Gasteiger partial charge in [-0.25, -0.2) is 4.79 Å². The molecule has 19 heavy (non-hydrogen) atoms. The number of alkyl halides is 2. The van der Waals surface area contributed by atoms with Gasteiger partial charge in [0.1, 0.15) is 11.8 Å². The Bertz CT molecular complexity index is 465. The zero-order chi connectivity index (χ0) is 14.4. The van der Waals surface area contributed by atoms with E-state index in [1.165, 1.54) is 38.3 Å². The Morgan fingerprint density at radius 2 is 1.89 bits per heavy atom. The summed E-state index contributed by atoms with van der Waals surface area (Å²) < 4.78 is 33.0. The predicted molar refractivity (Wildman–Crippen MR) is 62.0 cm³/mol. The summed E-state index contributed by atoms with van der Waals surface area (Å²) >= 11 is 0. The minimum absolute atomic E-state index is 0.0847. The molecule has 104 valence electrons. The fourth-order valence-electron chi connectivity index (χ4n) is 1.36. The fourth-order valence-corrected chi connectivity index (χ4v) is 1.36. The van der Waals surface area contributed by atoms with Crippen molar-refractivity contribution in [3.8, 4) is 5.75 Å². The Balaban J connectivity index is 2.84. The van der Waals surface area contributed by atoms with Gasteiger partial charge in [0.25, 0.3) is 5.91 Å². The number of hydrogen-bond donors (Lipinski definition) is 1. The van der Waals surface area contributed by atoms with Crippen LogP contribution in [0.15, 0.2) is 24.3 Å². The van der Waals surface area contributed by atoms with Gasteiger partial charge in [-0.3, -0.25) is 4.79 Å². The Kier molecular flexibility index (Phi) is 5.23. The average molecular weight is 273 g/mol. The van der Waals surface area contributed by atoms with Crippen molar-refractivity contribution in [2.75, 3.05) is 7.11 Å². The first-order chi connectivity index (χ1) is 8.95. The molecule has 5 nitrogen and oxygen atoms in total. The molecule has 0 unspecified atom stereocenters. The van der Waals surface area contributed by atoms with Gasteiger partial charge in [0.05, 0.1) is 12.7 Å². The SMILES string of the molecule is COC(=O)[C@H](C)NC(=O)c1ccccc1OC(F)F. The smallest absolute Gasteiger partial charge is 0.387 e. The molecule has 1 atom stereocenters. The number of carbonyl (C=O) groups is 2. The Labute approximate surface area is 108 Å². The van der Waals surface area contributed by atoms with Gasteiger partial charge >= 0.3 is 12.6 Å². The van der Waals surface area contributed by atoms with Gasteiger partial charge in [-0.1, -0.05) is 12.1 Å². The van der Waals surface area contributed by atoms with Crippen LogP contribution in [0, 0.1) is 0 Å². The summed E-state index contributed by atoms with van der Waals surface area (Å²) in [5.41, 5.74) is -0.0847. The number of amides is 1. The summed E-state index contributed by atoms with van der Waals surface area (Å²) in [6.45, 7) is -1.62. The van der Waals surface area contributed by atoms with Crippen molar-refractivity contribution in [2.45, 2.75) is 19.6 Å². The largest absolute Gasteiger partial charge is 0.467 e. The molecule has 0 bridgehead atoms. The lowest BCUT2D eigenvalue weighted by molar-refractivity contribution is -0.142. The number of rotatable bonds is 5. The molecule has 1 aromatic rings. The second-order valence-corrected chi connectivity index (χ2v) is 3.59. The van der Waals surface area contributed by atoms with Crippen molar-refractivity contribution in [1.82, 2.24) is 5.32 Å². The average Bonchev–Trinajstić information content (AvgIpc) is 2.37. The van der Waals surface area contributed by atoms with Crippen LogP contribution in [0.2, 0.25) is 0 Å². The highest BCUT2D eigenvalue weighted by Crippen LogP contribution is 2.20. The molecule has 1 amide bonds. The predicted octanol–water partition coefficient (Wildman–Crippen LogP) is 1.58. The highest BCUT2D eigenvalue weighted by Gasteiger charge is 2.20. The molecule has 0 aliphatic rings. The van der Waals surface area contributed by atoms with E-state index in [0.29, 0.717) is 0 Å². The number of carbonyl (C=O) groups excluding carboxylic acids is 2. The molecule has 7 heteroatoms. The summed E-state index contributed by atoms with van der Waals surface area (Å²) in [6, 6.07) is 4.62. The molecule has 0 fully saturated rings. The summed E-state index contributed by atoms with van der Waals surface area (Å²) in [4.78, 5) is 23.0. The number of ether oxygens (including phenoxy) is 2. The fraction of sp³-hybridized carbons (Fsp3) is 0.333. The molecule has 0 spiro atoms. The molecular weight excluding hydrogens is 260 g/mol. The van der Waals surface area contributed by atoms with Crippen LogP contribution in [0.3, 0.4) is 0 Å². The summed E-state index contributed by atoms with van der Waals surface area (Å²) in [7, 11) is 1.18. The monoisotopic (exact) mass is 273 g/mol. The molecule has 1 aromatic carbocycles. The summed E-state index contributed by atoms with van der Waals surface area (Å²) in [5, 5.41) is 2.32. The van der Waals surface area contributed by atoms with Crippen LogP contribution in [-0.2, 0) is 9.53 Å². The first-order valence-corrected chi connectivity index (χ1v) is 5.38. The lowest BCUT2D eigenvalue weighted by Crippen LogP contribution is -2.39. The topological polar surface area (TPSA) is 64.6 Å². The van der Waals surface area contributed by atoms with Crippen molar-refractivity contribution >= 4 is 11.9 Å². The van der Waals surface area contributed by atoms with Crippen LogP contribution >= 0.6 is 0 Å². The highest BCUT2D eigenvalue weighted by atomic mass is 19.3. The number of hydrogen-bond acceptors (Lipinski definition) is 4. The molecule has 0 aromatic heterocycles. The maximum Gasteiger partial charge on any atom is 0.387 e. The van der Waals surface area contributed by atoms with E-state index in [-0.39, 0.29) is 11.3 Å². The zero-order valence-corrected chi connectivity index (χ0v) is 10.4. The van der Waals surface area contributed by atoms with Crippen molar-refractivity contribution in [2.24, 2.45) is 0 Å². The molecule has 1 N–H and O–H groups in total. The van der Waals surface area contributed by atoms with E-state index in [4.69, 9.17) is 0 Å². The van der Waals surface area contributed by atoms with Crippen LogP contribution < -0.4 is 10.1 Å². The number of halogens is 2. The van der Waals surface area contributed by atoms with E-state index >= 15 is 0 Å². The minimum Gasteiger partial charge on any atom is -0.467 e. The number of para-hydroxylation sites is 1. The summed E-state index contributed by atoms with van der Waals surface area (Å²) in [5.74, 6) is -1.60. The lowest BCUT2D eigenvalue weighted by atomic mass is 10.1. The second kappa shape index (κ2) is 6.67. The minimum atomic E-state index is -3.04. The van der Waals surface area contributed by atoms with E-state index in [2.05, 4.69) is 14.8 Å². The van der Waals surface area contributed by atoms with Crippen molar-refractivity contribution < 1.29 is 27.8 Å². The third-order valence-electron chi connectivity index (χ3n) is 2.25. The lowest BCUT2D eigenvalue weighted by Gasteiger charge is -2.14. The second-order valence-electron chi connectivity index (χ2n) is 3.59. The molecule has 0 aliphatic carbocycles. The van der Waals surface area contributed by atoms with E-state index in [9.17, 15) is 18.4 Å². The maximum absolute atomic E-state index is 12.2. The number of benzene rings is 1. The normalized spacial score (nSPS) is 11.8. The standard InChI is InChI=1S/C12H13F2NO4/c1-7(11(17)18-2)15-10(16)8-5-3-4-6-9(8)19-12(13)14/h3-7,12H,1-2H3,(H,15,16)/t7-/m0/s1. The van der Waals surface area contributed by atoms with Gasteiger partial charge in [0, 0.05) is 0 Å². The van der Waals surface area contributed by atoms with Gasteiger partial charge in [-0.2, -0.15) is 8.78 Å². The Hall–Kier alpha value is -2.18. The number of methoxy groups -OCH3 is 1. The third-order valence-corrected chi connectivity index (χ3v) is 2.25. The van der Waals surface area contributed by atoms with Gasteiger partial charge in [0.2, 0.25) is 0 Å². The Morgan fingerprint density at radius 1 is 1.26 bits per heavy atom. The van der Waals surface area contributed by atoms with Crippen LogP contribution in [0.5, 0.6) is 5.75 Å². The Morgan fingerprint density at radius 3 is 2.47 bits per heavy atom. The van der Waals surface area contributed by atoms with E-state index in [1.54, 1.807) is 0 Å². The molecule has 0 heterocycles. The van der Waals surface area contributed by atoms with E-state index in [1.807, 2.05) is 0 Å². The highest BCUT2D eigenvalue weighted by molar-refractivity contribution is 5.98. The number of nitrogens with one attached hydrogen (secondary N) is 1. The van der Waals surface area contributed by atoms with Gasteiger partial charge in [-0.05, 0) is 19.1 Å². The van der Waals surface area contributed by atoms with E-state index in [0.717, 1.165) is 0 Å². The van der Waals surface area contributed by atoms with Crippen molar-refractivity contribution in [1.29, 1.82) is 0 Å². The van der Waals surface area contributed by atoms with Gasteiger partial charge in [-0.15, -0.1) is 0 Å². The first kappa shape index (κ1) is 14.9. The maximum atomic E-state index is 12.2. The summed E-state index contributed by atoms with van der Waals surface area (Å²) in [6.07, 6.45) is 0. The molecule has 1 rings (SSSR count). The molecule has 0 radical (unpaired) electrons. The molecular formula is C12H13F2NO4. The zero-order valence-electron chi connectivity index (χ0n) is 10.4. The molecule has 0 saturated heterocycles. The molecule has 0 aliphatic heterocycles. The number of esters is 1. The van der Waals surface area contributed by atoms with Crippen molar-refractivity contribution in [3.63, 3.8) is 0 Å². The van der Waals surface area contributed by atoms with Crippen LogP contribution in [0.1, 0.15) is 17.3 Å². The van der Waals surface area contributed by atoms with Crippen molar-refractivity contribution in [3.05, 3.63) is 29.8 Å². The van der Waals surface area contributed by atoms with Gasteiger partial charge in [0.15, 0.2) is 0 Å². The third kappa shape index (κ3) is 4.20. The quantitative estimate of drug-likeness (QED) is 0.827. The molecule has 0 saturated carbocycles.